The van der Waals surface area contributed by atoms with Gasteiger partial charge in [-0.05, 0) is 62.4 Å². The Morgan fingerprint density at radius 1 is 1.08 bits per heavy atom. The van der Waals surface area contributed by atoms with Crippen LogP contribution >= 0.6 is 11.8 Å². The molecule has 0 aliphatic rings. The molecule has 26 heavy (non-hydrogen) atoms. The predicted octanol–water partition coefficient (Wildman–Crippen LogP) is 5.48. The summed E-state index contributed by atoms with van der Waals surface area (Å²) in [5.41, 5.74) is 2.30. The number of halogens is 2. The molecule has 2 aromatic rings. The van der Waals surface area contributed by atoms with Gasteiger partial charge in [0.05, 0.1) is 0 Å². The maximum absolute atomic E-state index is 12.3. The van der Waals surface area contributed by atoms with Crippen LogP contribution in [0.15, 0.2) is 53.4 Å². The first-order valence-electron chi connectivity index (χ1n) is 8.58. The number of hydrogen-bond acceptors (Lipinski definition) is 3. The van der Waals surface area contributed by atoms with E-state index in [1.165, 1.54) is 0 Å². The summed E-state index contributed by atoms with van der Waals surface area (Å²) in [5.74, 6) is -2.67. The third kappa shape index (κ3) is 6.11. The van der Waals surface area contributed by atoms with Gasteiger partial charge in [0.1, 0.15) is 0 Å². The molecular formula is C20H24F2N2OS. The van der Waals surface area contributed by atoms with Crippen LogP contribution in [0.5, 0.6) is 0 Å². The number of hydrogen-bond donors (Lipinski definition) is 1. The first-order valence-corrected chi connectivity index (χ1v) is 9.46. The molecule has 6 heteroatoms. The maximum Gasteiger partial charge on any atom is 0.288 e. The van der Waals surface area contributed by atoms with Crippen molar-refractivity contribution in [3.8, 4) is 0 Å². The predicted molar refractivity (Wildman–Crippen MR) is 104 cm³/mol. The zero-order chi connectivity index (χ0) is 19.1. The first kappa shape index (κ1) is 20.4. The molecule has 0 bridgehead atoms. The Bertz CT molecular complexity index is 703. The van der Waals surface area contributed by atoms with E-state index in [-0.39, 0.29) is 5.91 Å². The van der Waals surface area contributed by atoms with Gasteiger partial charge in [-0.1, -0.05) is 30.8 Å². The molecule has 0 aliphatic heterocycles. The first-order chi connectivity index (χ1) is 12.4. The monoisotopic (exact) mass is 378 g/mol. The highest BCUT2D eigenvalue weighted by molar-refractivity contribution is 7.99. The number of nitrogens with one attached hydrogen (secondary N) is 1. The molecule has 0 saturated carbocycles. The second-order valence-corrected chi connectivity index (χ2v) is 7.27. The van der Waals surface area contributed by atoms with Gasteiger partial charge in [-0.25, -0.2) is 0 Å². The fourth-order valence-electron chi connectivity index (χ4n) is 2.58. The zero-order valence-corrected chi connectivity index (χ0v) is 16.0. The van der Waals surface area contributed by atoms with Crippen LogP contribution in [0.2, 0.25) is 0 Å². The van der Waals surface area contributed by atoms with Gasteiger partial charge in [-0.15, -0.1) is 0 Å². The Labute approximate surface area is 157 Å². The van der Waals surface area contributed by atoms with E-state index >= 15 is 0 Å². The molecule has 140 valence electrons. The lowest BCUT2D eigenvalue weighted by atomic mass is 10.1. The molecule has 1 N–H and O–H groups in total. The van der Waals surface area contributed by atoms with Gasteiger partial charge in [-0.2, -0.15) is 8.78 Å². The van der Waals surface area contributed by atoms with E-state index in [1.807, 2.05) is 12.1 Å². The van der Waals surface area contributed by atoms with Crippen molar-refractivity contribution in [2.24, 2.45) is 0 Å². The van der Waals surface area contributed by atoms with Crippen LogP contribution in [0, 0.1) is 0 Å². The third-order valence-electron chi connectivity index (χ3n) is 4.08. The lowest BCUT2D eigenvalue weighted by Crippen LogP contribution is -2.29. The van der Waals surface area contributed by atoms with Crippen LogP contribution < -0.4 is 5.32 Å². The molecule has 0 heterocycles. The number of thioether (sulfide) groups is 1. The summed E-state index contributed by atoms with van der Waals surface area (Å²) in [6, 6.07) is 14.4. The smallest absolute Gasteiger partial charge is 0.288 e. The maximum atomic E-state index is 12.3. The third-order valence-corrected chi connectivity index (χ3v) is 4.80. The molecule has 0 saturated heterocycles. The molecule has 0 unspecified atom stereocenters. The zero-order valence-electron chi connectivity index (χ0n) is 15.2. The number of amides is 1. The standard InChI is InChI=1S/C20H24F2N2OS/c1-4-24(14(2)3)13-15-5-7-16(8-6-15)19(25)23-17-9-11-18(12-10-17)26-20(21)22/h5-12,14,20H,4,13H2,1-3H3,(H,23,25). The minimum atomic E-state index is -2.45. The SMILES string of the molecule is CCN(Cc1ccc(C(=O)Nc2ccc(SC(F)F)cc2)cc1)C(C)C. The fraction of sp³-hybridized carbons (Fsp3) is 0.350. The Morgan fingerprint density at radius 3 is 2.19 bits per heavy atom. The number of benzene rings is 2. The van der Waals surface area contributed by atoms with Crippen LogP contribution in [-0.2, 0) is 6.54 Å². The van der Waals surface area contributed by atoms with Gasteiger partial charge in [0, 0.05) is 28.7 Å². The lowest BCUT2D eigenvalue weighted by molar-refractivity contribution is 0.102. The average Bonchev–Trinajstić information content (AvgIpc) is 2.61. The summed E-state index contributed by atoms with van der Waals surface area (Å²) in [4.78, 5) is 15.1. The molecule has 1 amide bonds. The van der Waals surface area contributed by atoms with Gasteiger partial charge in [0.25, 0.3) is 11.7 Å². The lowest BCUT2D eigenvalue weighted by Gasteiger charge is -2.24. The van der Waals surface area contributed by atoms with E-state index in [4.69, 9.17) is 0 Å². The number of carbonyl (C=O) groups is 1. The molecular weight excluding hydrogens is 354 g/mol. The van der Waals surface area contributed by atoms with Gasteiger partial charge in [0.2, 0.25) is 0 Å². The largest absolute Gasteiger partial charge is 0.322 e. The summed E-state index contributed by atoms with van der Waals surface area (Å²) >= 11 is 0.482. The molecule has 3 nitrogen and oxygen atoms in total. The molecule has 0 aromatic heterocycles. The topological polar surface area (TPSA) is 32.3 Å². The minimum Gasteiger partial charge on any atom is -0.322 e. The highest BCUT2D eigenvalue weighted by atomic mass is 32.2. The highest BCUT2D eigenvalue weighted by Crippen LogP contribution is 2.26. The number of nitrogens with zero attached hydrogens (tertiary/aromatic N) is 1. The van der Waals surface area contributed by atoms with Gasteiger partial charge < -0.3 is 5.32 Å². The van der Waals surface area contributed by atoms with E-state index in [0.717, 1.165) is 18.7 Å². The highest BCUT2D eigenvalue weighted by Gasteiger charge is 2.10. The van der Waals surface area contributed by atoms with E-state index in [0.29, 0.717) is 34.0 Å². The second-order valence-electron chi connectivity index (χ2n) is 6.21. The van der Waals surface area contributed by atoms with Crippen molar-refractivity contribution in [2.45, 2.75) is 44.0 Å². The van der Waals surface area contributed by atoms with E-state index in [9.17, 15) is 13.6 Å². The van der Waals surface area contributed by atoms with E-state index in [2.05, 4.69) is 31.0 Å². The molecule has 0 aliphatic carbocycles. The number of rotatable bonds is 8. The Hall–Kier alpha value is -1.92. The van der Waals surface area contributed by atoms with E-state index in [1.54, 1.807) is 36.4 Å². The molecule has 2 rings (SSSR count). The van der Waals surface area contributed by atoms with Crippen molar-refractivity contribution < 1.29 is 13.6 Å². The van der Waals surface area contributed by atoms with E-state index < -0.39 is 5.76 Å². The molecule has 0 fully saturated rings. The van der Waals surface area contributed by atoms with Crippen molar-refractivity contribution in [1.82, 2.24) is 4.90 Å². The molecule has 0 atom stereocenters. The molecule has 2 aromatic carbocycles. The number of anilines is 1. The number of carbonyl (C=O) groups excluding carboxylic acids is 1. The summed E-state index contributed by atoms with van der Waals surface area (Å²) in [6.45, 7) is 8.28. The Morgan fingerprint density at radius 2 is 1.69 bits per heavy atom. The fourth-order valence-corrected chi connectivity index (χ4v) is 3.08. The number of alkyl halides is 2. The van der Waals surface area contributed by atoms with Crippen molar-refractivity contribution in [1.29, 1.82) is 0 Å². The Balaban J connectivity index is 1.97. The van der Waals surface area contributed by atoms with Crippen molar-refractivity contribution >= 4 is 23.4 Å². The van der Waals surface area contributed by atoms with Crippen LogP contribution in [0.25, 0.3) is 0 Å². The van der Waals surface area contributed by atoms with Crippen LogP contribution in [0.1, 0.15) is 36.7 Å². The minimum absolute atomic E-state index is 0.220. The van der Waals surface area contributed by atoms with Crippen LogP contribution in [0.4, 0.5) is 14.5 Å². The molecule has 0 spiro atoms. The van der Waals surface area contributed by atoms with Gasteiger partial charge in [0.15, 0.2) is 0 Å². The van der Waals surface area contributed by atoms with Gasteiger partial charge in [-0.3, -0.25) is 9.69 Å². The van der Waals surface area contributed by atoms with Crippen molar-refractivity contribution in [3.63, 3.8) is 0 Å². The summed E-state index contributed by atoms with van der Waals surface area (Å²) in [6.07, 6.45) is 0. The summed E-state index contributed by atoms with van der Waals surface area (Å²) in [7, 11) is 0. The van der Waals surface area contributed by atoms with Crippen LogP contribution in [0.3, 0.4) is 0 Å². The van der Waals surface area contributed by atoms with Crippen molar-refractivity contribution in [2.75, 3.05) is 11.9 Å². The summed E-state index contributed by atoms with van der Waals surface area (Å²) < 4.78 is 24.6. The second kappa shape index (κ2) is 9.69. The average molecular weight is 378 g/mol. The Kier molecular flexibility index (Phi) is 7.60. The van der Waals surface area contributed by atoms with Gasteiger partial charge >= 0.3 is 0 Å². The normalized spacial score (nSPS) is 11.4. The molecule has 0 radical (unpaired) electrons. The quantitative estimate of drug-likeness (QED) is 0.617. The van der Waals surface area contributed by atoms with Crippen LogP contribution in [-0.4, -0.2) is 29.2 Å². The summed E-state index contributed by atoms with van der Waals surface area (Å²) in [5, 5.41) is 2.78. The van der Waals surface area contributed by atoms with Crippen molar-refractivity contribution in [3.05, 3.63) is 59.7 Å².